The van der Waals surface area contributed by atoms with E-state index >= 15 is 0 Å². The summed E-state index contributed by atoms with van der Waals surface area (Å²) in [4.78, 5) is 0. The van der Waals surface area contributed by atoms with Crippen LogP contribution in [0.2, 0.25) is 15.1 Å². The molecule has 0 radical (unpaired) electrons. The summed E-state index contributed by atoms with van der Waals surface area (Å²) in [6.45, 7) is -0.0463. The molecular formula is C9H7Cl3O. The monoisotopic (exact) mass is 236 g/mol. The van der Waals surface area contributed by atoms with Crippen LogP contribution in [0.4, 0.5) is 0 Å². The maximum absolute atomic E-state index is 8.56. The van der Waals surface area contributed by atoms with E-state index in [9.17, 15) is 0 Å². The van der Waals surface area contributed by atoms with Gasteiger partial charge in [-0.15, -0.1) is 0 Å². The Balaban J connectivity index is 3.13. The molecule has 0 aliphatic carbocycles. The average Bonchev–Trinajstić information content (AvgIpc) is 2.02. The predicted molar refractivity (Wildman–Crippen MR) is 57.6 cm³/mol. The Morgan fingerprint density at radius 2 is 1.69 bits per heavy atom. The molecule has 1 N–H and O–H groups in total. The van der Waals surface area contributed by atoms with Crippen LogP contribution in [0.1, 0.15) is 5.56 Å². The van der Waals surface area contributed by atoms with E-state index in [1.807, 2.05) is 0 Å². The van der Waals surface area contributed by atoms with Crippen molar-refractivity contribution in [2.24, 2.45) is 0 Å². The van der Waals surface area contributed by atoms with Crippen molar-refractivity contribution >= 4 is 40.9 Å². The molecule has 1 rings (SSSR count). The maximum atomic E-state index is 8.56. The van der Waals surface area contributed by atoms with Crippen molar-refractivity contribution in [3.05, 3.63) is 38.8 Å². The molecule has 0 saturated carbocycles. The molecule has 13 heavy (non-hydrogen) atoms. The molecule has 0 unspecified atom stereocenters. The molecule has 0 saturated heterocycles. The fourth-order valence-corrected chi connectivity index (χ4v) is 1.83. The second kappa shape index (κ2) is 4.87. The maximum Gasteiger partial charge on any atom is 0.0615 e. The van der Waals surface area contributed by atoms with Gasteiger partial charge in [0.2, 0.25) is 0 Å². The smallest absolute Gasteiger partial charge is 0.0615 e. The minimum absolute atomic E-state index is 0.0463. The number of hydrogen-bond acceptors (Lipinski definition) is 1. The lowest BCUT2D eigenvalue weighted by Crippen LogP contribution is -1.80. The van der Waals surface area contributed by atoms with Gasteiger partial charge in [0.15, 0.2) is 0 Å². The lowest BCUT2D eigenvalue weighted by atomic mass is 10.2. The number of halogens is 3. The first-order chi connectivity index (χ1) is 6.15. The first-order valence-electron chi connectivity index (χ1n) is 3.57. The number of aliphatic hydroxyl groups is 1. The standard InChI is InChI=1S/C9H7Cl3O/c10-6-4-8(11)7(2-1-3-13)9(12)5-6/h1-2,4-5,13H,3H2/b2-1+. The van der Waals surface area contributed by atoms with E-state index in [1.165, 1.54) is 0 Å². The summed E-state index contributed by atoms with van der Waals surface area (Å²) in [6, 6.07) is 3.21. The van der Waals surface area contributed by atoms with Gasteiger partial charge >= 0.3 is 0 Å². The van der Waals surface area contributed by atoms with Crippen LogP contribution in [0.25, 0.3) is 6.08 Å². The van der Waals surface area contributed by atoms with Gasteiger partial charge in [-0.05, 0) is 12.1 Å². The van der Waals surface area contributed by atoms with Gasteiger partial charge in [-0.3, -0.25) is 0 Å². The summed E-state index contributed by atoms with van der Waals surface area (Å²) in [5, 5.41) is 10.0. The molecule has 1 nitrogen and oxygen atoms in total. The zero-order valence-corrected chi connectivity index (χ0v) is 8.87. The van der Waals surface area contributed by atoms with Crippen LogP contribution in [0.5, 0.6) is 0 Å². The Kier molecular flexibility index (Phi) is 4.07. The molecule has 0 aliphatic rings. The number of hydrogen-bond donors (Lipinski definition) is 1. The fourth-order valence-electron chi connectivity index (χ4n) is 0.883. The third-order valence-electron chi connectivity index (χ3n) is 1.43. The van der Waals surface area contributed by atoms with Crippen LogP contribution in [-0.4, -0.2) is 11.7 Å². The van der Waals surface area contributed by atoms with Gasteiger partial charge < -0.3 is 5.11 Å². The van der Waals surface area contributed by atoms with Crippen LogP contribution in [-0.2, 0) is 0 Å². The highest BCUT2D eigenvalue weighted by Gasteiger charge is 2.03. The summed E-state index contributed by atoms with van der Waals surface area (Å²) < 4.78 is 0. The second-order valence-electron chi connectivity index (χ2n) is 2.37. The van der Waals surface area contributed by atoms with Crippen molar-refractivity contribution in [2.45, 2.75) is 0 Å². The molecule has 0 heterocycles. The third-order valence-corrected chi connectivity index (χ3v) is 2.28. The summed E-state index contributed by atoms with van der Waals surface area (Å²) in [7, 11) is 0. The normalized spacial score (nSPS) is 11.1. The van der Waals surface area contributed by atoms with Gasteiger partial charge in [-0.2, -0.15) is 0 Å². The van der Waals surface area contributed by atoms with Crippen molar-refractivity contribution in [3.8, 4) is 0 Å². The molecule has 0 amide bonds. The molecule has 0 spiro atoms. The quantitative estimate of drug-likeness (QED) is 0.832. The Morgan fingerprint density at radius 3 is 2.15 bits per heavy atom. The Hall–Kier alpha value is -0.210. The van der Waals surface area contributed by atoms with E-state index in [0.717, 1.165) is 0 Å². The molecule has 4 heteroatoms. The first-order valence-corrected chi connectivity index (χ1v) is 4.70. The van der Waals surface area contributed by atoms with Gasteiger partial charge in [-0.25, -0.2) is 0 Å². The molecule has 1 aromatic rings. The molecule has 0 fully saturated rings. The molecule has 0 aromatic heterocycles. The topological polar surface area (TPSA) is 20.2 Å². The molecule has 0 bridgehead atoms. The van der Waals surface area contributed by atoms with Crippen LogP contribution in [0.15, 0.2) is 18.2 Å². The zero-order valence-electron chi connectivity index (χ0n) is 6.60. The number of benzene rings is 1. The second-order valence-corrected chi connectivity index (χ2v) is 3.62. The van der Waals surface area contributed by atoms with Gasteiger partial charge in [0.05, 0.1) is 16.7 Å². The summed E-state index contributed by atoms with van der Waals surface area (Å²) in [6.07, 6.45) is 3.21. The lowest BCUT2D eigenvalue weighted by Gasteiger charge is -2.01. The predicted octanol–water partition coefficient (Wildman–Crippen LogP) is 3.65. The van der Waals surface area contributed by atoms with Crippen molar-refractivity contribution in [3.63, 3.8) is 0 Å². The minimum Gasteiger partial charge on any atom is -0.392 e. The highest BCUT2D eigenvalue weighted by molar-refractivity contribution is 6.40. The van der Waals surface area contributed by atoms with Crippen LogP contribution in [0.3, 0.4) is 0 Å². The highest BCUT2D eigenvalue weighted by atomic mass is 35.5. The van der Waals surface area contributed by atoms with E-state index in [1.54, 1.807) is 24.3 Å². The first kappa shape index (κ1) is 10.9. The summed E-state index contributed by atoms with van der Waals surface area (Å²) in [5.41, 5.74) is 0.668. The van der Waals surface area contributed by atoms with E-state index in [0.29, 0.717) is 20.6 Å². The van der Waals surface area contributed by atoms with E-state index in [2.05, 4.69) is 0 Å². The lowest BCUT2D eigenvalue weighted by molar-refractivity contribution is 0.343. The fraction of sp³-hybridized carbons (Fsp3) is 0.111. The largest absolute Gasteiger partial charge is 0.392 e. The van der Waals surface area contributed by atoms with Crippen molar-refractivity contribution < 1.29 is 5.11 Å². The van der Waals surface area contributed by atoms with E-state index < -0.39 is 0 Å². The summed E-state index contributed by atoms with van der Waals surface area (Å²) in [5.74, 6) is 0. The molecule has 0 aliphatic heterocycles. The molecule has 1 aromatic carbocycles. The Bertz CT molecular complexity index is 311. The molecule has 0 atom stereocenters. The Morgan fingerprint density at radius 1 is 1.15 bits per heavy atom. The van der Waals surface area contributed by atoms with E-state index in [-0.39, 0.29) is 6.61 Å². The molecular weight excluding hydrogens is 230 g/mol. The Labute approximate surface area is 91.5 Å². The number of rotatable bonds is 2. The molecule has 70 valence electrons. The van der Waals surface area contributed by atoms with Gasteiger partial charge in [0, 0.05) is 10.6 Å². The van der Waals surface area contributed by atoms with Crippen molar-refractivity contribution in [1.82, 2.24) is 0 Å². The highest BCUT2D eigenvalue weighted by Crippen LogP contribution is 2.29. The minimum atomic E-state index is -0.0463. The van der Waals surface area contributed by atoms with Crippen LogP contribution < -0.4 is 0 Å². The van der Waals surface area contributed by atoms with Gasteiger partial charge in [0.25, 0.3) is 0 Å². The third kappa shape index (κ3) is 2.89. The van der Waals surface area contributed by atoms with Crippen molar-refractivity contribution in [2.75, 3.05) is 6.61 Å². The van der Waals surface area contributed by atoms with E-state index in [4.69, 9.17) is 39.9 Å². The zero-order chi connectivity index (χ0) is 9.84. The summed E-state index contributed by atoms with van der Waals surface area (Å²) >= 11 is 17.5. The van der Waals surface area contributed by atoms with Crippen LogP contribution in [0, 0.1) is 0 Å². The van der Waals surface area contributed by atoms with Gasteiger partial charge in [0.1, 0.15) is 0 Å². The van der Waals surface area contributed by atoms with Crippen molar-refractivity contribution in [1.29, 1.82) is 0 Å². The van der Waals surface area contributed by atoms with Gasteiger partial charge in [-0.1, -0.05) is 47.0 Å². The number of aliphatic hydroxyl groups excluding tert-OH is 1. The van der Waals surface area contributed by atoms with Crippen LogP contribution >= 0.6 is 34.8 Å². The SMILES string of the molecule is OC/C=C/c1c(Cl)cc(Cl)cc1Cl. The average molecular weight is 238 g/mol.